The molecule has 2 bridgehead atoms. The third-order valence-electron chi connectivity index (χ3n) is 3.60. The van der Waals surface area contributed by atoms with Crippen LogP contribution in [0.2, 0.25) is 0 Å². The molecule has 1 N–H and O–H groups in total. The molecule has 0 aromatic heterocycles. The monoisotopic (exact) mass is 205 g/mol. The Kier molecular flexibility index (Phi) is 3.01. The first kappa shape index (κ1) is 10.9. The highest BCUT2D eigenvalue weighted by Crippen LogP contribution is 2.32. The quantitative estimate of drug-likeness (QED) is 0.640. The molecule has 0 amide bonds. The summed E-state index contributed by atoms with van der Waals surface area (Å²) in [5.41, 5.74) is 1.93. The Labute approximate surface area is 93.6 Å². The molecule has 1 nitrogen and oxygen atoms in total. The molecule has 1 saturated heterocycles. The summed E-state index contributed by atoms with van der Waals surface area (Å²) < 4.78 is 0. The highest BCUT2D eigenvalue weighted by molar-refractivity contribution is 5.24. The summed E-state index contributed by atoms with van der Waals surface area (Å²) in [7, 11) is 0. The van der Waals surface area contributed by atoms with Gasteiger partial charge in [-0.2, -0.15) is 0 Å². The molecule has 2 unspecified atom stereocenters. The van der Waals surface area contributed by atoms with Crippen LogP contribution < -0.4 is 5.32 Å². The molecule has 0 spiro atoms. The lowest BCUT2D eigenvalue weighted by atomic mass is 9.79. The first-order chi connectivity index (χ1) is 7.07. The highest BCUT2D eigenvalue weighted by atomic mass is 14.9. The van der Waals surface area contributed by atoms with Gasteiger partial charge in [0.25, 0.3) is 0 Å². The molecule has 1 fully saturated rings. The number of nitrogens with one attached hydrogen (secondary N) is 1. The van der Waals surface area contributed by atoms with Crippen LogP contribution in [0.4, 0.5) is 0 Å². The van der Waals surface area contributed by atoms with E-state index in [1.165, 1.54) is 19.3 Å². The van der Waals surface area contributed by atoms with Crippen molar-refractivity contribution in [2.45, 2.75) is 46.1 Å². The zero-order valence-electron chi connectivity index (χ0n) is 10.2. The topological polar surface area (TPSA) is 12.0 Å². The summed E-state index contributed by atoms with van der Waals surface area (Å²) in [6.07, 6.45) is 10.9. The van der Waals surface area contributed by atoms with E-state index in [2.05, 4.69) is 44.3 Å². The smallest absolute Gasteiger partial charge is 0.0331 e. The van der Waals surface area contributed by atoms with E-state index in [1.807, 2.05) is 0 Å². The molecule has 0 aromatic rings. The van der Waals surface area contributed by atoms with Gasteiger partial charge in [-0.1, -0.05) is 44.6 Å². The van der Waals surface area contributed by atoms with Crippen molar-refractivity contribution >= 4 is 0 Å². The number of hydrogen-bond acceptors (Lipinski definition) is 1. The lowest BCUT2D eigenvalue weighted by Gasteiger charge is -2.35. The first-order valence-electron chi connectivity index (χ1n) is 6.18. The predicted molar refractivity (Wildman–Crippen MR) is 65.8 cm³/mol. The molecular formula is C14H23N. The van der Waals surface area contributed by atoms with Gasteiger partial charge in [0.05, 0.1) is 0 Å². The molecule has 1 heteroatoms. The maximum atomic E-state index is 3.72. The van der Waals surface area contributed by atoms with Crippen molar-refractivity contribution in [3.63, 3.8) is 0 Å². The summed E-state index contributed by atoms with van der Waals surface area (Å²) in [6, 6.07) is 0.557. The van der Waals surface area contributed by atoms with Crippen molar-refractivity contribution in [1.82, 2.24) is 5.32 Å². The van der Waals surface area contributed by atoms with E-state index < -0.39 is 0 Å². The van der Waals surface area contributed by atoms with Crippen LogP contribution in [0.3, 0.4) is 0 Å². The molecule has 84 valence electrons. The largest absolute Gasteiger partial charge is 0.310 e. The van der Waals surface area contributed by atoms with Crippen LogP contribution in [-0.2, 0) is 0 Å². The van der Waals surface area contributed by atoms with Crippen LogP contribution >= 0.6 is 0 Å². The van der Waals surface area contributed by atoms with Crippen molar-refractivity contribution in [3.8, 4) is 0 Å². The summed E-state index contributed by atoms with van der Waals surface area (Å²) in [5, 5.41) is 3.72. The van der Waals surface area contributed by atoms with E-state index in [4.69, 9.17) is 0 Å². The number of fused-ring (bicyclic) bond motifs is 3. The molecule has 1 aliphatic carbocycles. The van der Waals surface area contributed by atoms with E-state index >= 15 is 0 Å². The second-order valence-corrected chi connectivity index (χ2v) is 5.97. The van der Waals surface area contributed by atoms with Crippen LogP contribution in [0.25, 0.3) is 0 Å². The zero-order valence-corrected chi connectivity index (χ0v) is 10.2. The van der Waals surface area contributed by atoms with Crippen LogP contribution in [0, 0.1) is 11.3 Å². The van der Waals surface area contributed by atoms with Crippen LogP contribution in [0.1, 0.15) is 40.0 Å². The Morgan fingerprint density at radius 1 is 1.27 bits per heavy atom. The Hall–Kier alpha value is -0.560. The van der Waals surface area contributed by atoms with Gasteiger partial charge in [-0.25, -0.2) is 0 Å². The lowest BCUT2D eigenvalue weighted by Crippen LogP contribution is -2.43. The zero-order chi connectivity index (χ0) is 10.9. The van der Waals surface area contributed by atoms with Crippen LogP contribution in [0.15, 0.2) is 23.8 Å². The average molecular weight is 205 g/mol. The minimum atomic E-state index is 0.330. The second-order valence-electron chi connectivity index (χ2n) is 5.97. The van der Waals surface area contributed by atoms with Gasteiger partial charge in [0.15, 0.2) is 0 Å². The van der Waals surface area contributed by atoms with Gasteiger partial charge < -0.3 is 5.32 Å². The summed E-state index contributed by atoms with van der Waals surface area (Å²) in [6.45, 7) is 8.16. The van der Waals surface area contributed by atoms with Gasteiger partial charge in [-0.3, -0.25) is 0 Å². The summed E-state index contributed by atoms with van der Waals surface area (Å²) in [4.78, 5) is 0. The molecule has 1 heterocycles. The van der Waals surface area contributed by atoms with Gasteiger partial charge >= 0.3 is 0 Å². The van der Waals surface area contributed by atoms with Gasteiger partial charge in [0, 0.05) is 6.04 Å². The van der Waals surface area contributed by atoms with Crippen LogP contribution in [0.5, 0.6) is 0 Å². The van der Waals surface area contributed by atoms with Gasteiger partial charge in [-0.15, -0.1) is 0 Å². The minimum Gasteiger partial charge on any atom is -0.310 e. The molecule has 2 rings (SSSR count). The molecule has 2 aliphatic rings. The van der Waals surface area contributed by atoms with E-state index in [0.717, 1.165) is 12.5 Å². The number of allylic oxidation sites excluding steroid dienone is 3. The minimum absolute atomic E-state index is 0.330. The Morgan fingerprint density at radius 3 is 2.80 bits per heavy atom. The normalized spacial score (nSPS) is 31.8. The van der Waals surface area contributed by atoms with Crippen molar-refractivity contribution < 1.29 is 0 Å². The molecule has 0 saturated carbocycles. The van der Waals surface area contributed by atoms with E-state index in [-0.39, 0.29) is 0 Å². The van der Waals surface area contributed by atoms with Gasteiger partial charge in [-0.05, 0) is 37.1 Å². The van der Waals surface area contributed by atoms with Gasteiger partial charge in [0.1, 0.15) is 0 Å². The highest BCUT2D eigenvalue weighted by Gasteiger charge is 2.29. The SMILES string of the molecule is CC(C)(C)C1NCCC2C=CC=C1CC2. The molecule has 15 heavy (non-hydrogen) atoms. The van der Waals surface area contributed by atoms with Crippen molar-refractivity contribution in [2.75, 3.05) is 6.54 Å². The molecular weight excluding hydrogens is 182 g/mol. The Balaban J connectivity index is 2.24. The molecule has 0 aromatic carbocycles. The third kappa shape index (κ3) is 2.52. The molecule has 0 radical (unpaired) electrons. The van der Waals surface area contributed by atoms with E-state index in [9.17, 15) is 0 Å². The fourth-order valence-electron chi connectivity index (χ4n) is 2.76. The van der Waals surface area contributed by atoms with E-state index in [0.29, 0.717) is 11.5 Å². The fourth-order valence-corrected chi connectivity index (χ4v) is 2.76. The fraction of sp³-hybridized carbons (Fsp3) is 0.714. The average Bonchev–Trinajstić information content (AvgIpc) is 2.25. The molecule has 1 aliphatic heterocycles. The van der Waals surface area contributed by atoms with Crippen molar-refractivity contribution in [2.24, 2.45) is 11.3 Å². The summed E-state index contributed by atoms with van der Waals surface area (Å²) >= 11 is 0. The maximum Gasteiger partial charge on any atom is 0.0331 e. The number of rotatable bonds is 0. The van der Waals surface area contributed by atoms with Crippen molar-refractivity contribution in [3.05, 3.63) is 23.8 Å². The second kappa shape index (κ2) is 4.13. The van der Waals surface area contributed by atoms with E-state index in [1.54, 1.807) is 5.57 Å². The van der Waals surface area contributed by atoms with Crippen LogP contribution in [-0.4, -0.2) is 12.6 Å². The van der Waals surface area contributed by atoms with Crippen molar-refractivity contribution in [1.29, 1.82) is 0 Å². The summed E-state index contributed by atoms with van der Waals surface area (Å²) in [5.74, 6) is 0.798. The number of hydrogen-bond donors (Lipinski definition) is 1. The Bertz CT molecular complexity index is 280. The Morgan fingerprint density at radius 2 is 2.07 bits per heavy atom. The predicted octanol–water partition coefficient (Wildman–Crippen LogP) is 3.29. The first-order valence-corrected chi connectivity index (χ1v) is 6.18. The third-order valence-corrected chi connectivity index (χ3v) is 3.60. The van der Waals surface area contributed by atoms with Gasteiger partial charge in [0.2, 0.25) is 0 Å². The standard InChI is InChI=1S/C14H23N/c1-14(2,3)13-12-6-4-5-11(7-8-12)9-10-15-13/h4-6,11,13,15H,7-10H2,1-3H3. The maximum absolute atomic E-state index is 3.72. The molecule has 2 atom stereocenters. The lowest BCUT2D eigenvalue weighted by molar-refractivity contribution is 0.280.